The van der Waals surface area contributed by atoms with Gasteiger partial charge >= 0.3 is 0 Å². The molecule has 0 radical (unpaired) electrons. The Morgan fingerprint density at radius 3 is 2.14 bits per heavy atom. The molecule has 0 heterocycles. The maximum atomic E-state index is 5.83. The minimum Gasteiger partial charge on any atom is -0.457 e. The number of hydrogen-bond acceptors (Lipinski definition) is 1. The van der Waals surface area contributed by atoms with E-state index in [1.54, 1.807) is 0 Å². The van der Waals surface area contributed by atoms with Gasteiger partial charge in [0.25, 0.3) is 0 Å². The molecule has 0 aliphatic heterocycles. The molecular formula is C20H24O. The molecule has 110 valence electrons. The van der Waals surface area contributed by atoms with Gasteiger partial charge in [-0.2, -0.15) is 0 Å². The number of aryl methyl sites for hydroxylation is 1. The molecule has 2 aromatic carbocycles. The highest BCUT2D eigenvalue weighted by Crippen LogP contribution is 2.28. The van der Waals surface area contributed by atoms with Crippen molar-refractivity contribution in [1.29, 1.82) is 0 Å². The van der Waals surface area contributed by atoms with Crippen LogP contribution >= 0.6 is 0 Å². The lowest BCUT2D eigenvalue weighted by Crippen LogP contribution is -2.07. The van der Waals surface area contributed by atoms with Gasteiger partial charge < -0.3 is 4.74 Å². The van der Waals surface area contributed by atoms with Gasteiger partial charge in [0.05, 0.1) is 0 Å². The van der Waals surface area contributed by atoms with E-state index in [2.05, 4.69) is 24.3 Å². The van der Waals surface area contributed by atoms with Crippen LogP contribution in [0.1, 0.15) is 44.1 Å². The average molecular weight is 280 g/mol. The molecule has 1 aliphatic carbocycles. The van der Waals surface area contributed by atoms with E-state index >= 15 is 0 Å². The van der Waals surface area contributed by atoms with E-state index in [4.69, 9.17) is 4.74 Å². The number of benzene rings is 2. The van der Waals surface area contributed by atoms with Crippen LogP contribution in [0.2, 0.25) is 0 Å². The summed E-state index contributed by atoms with van der Waals surface area (Å²) in [5, 5.41) is 0. The highest BCUT2D eigenvalue weighted by Gasteiger charge is 2.12. The normalized spacial score (nSPS) is 15.8. The Hall–Kier alpha value is -1.76. The smallest absolute Gasteiger partial charge is 0.127 e. The predicted octanol–water partition coefficient (Wildman–Crippen LogP) is 5.99. The van der Waals surface area contributed by atoms with E-state index in [9.17, 15) is 0 Å². The zero-order chi connectivity index (χ0) is 14.3. The predicted molar refractivity (Wildman–Crippen MR) is 87.9 cm³/mol. The van der Waals surface area contributed by atoms with Crippen LogP contribution in [0.15, 0.2) is 54.6 Å². The topological polar surface area (TPSA) is 9.23 Å². The fraction of sp³-hybridized carbons (Fsp3) is 0.400. The SMILES string of the molecule is c1ccc(Oc2ccc(CCC3CCCCC3)cc2)cc1. The quantitative estimate of drug-likeness (QED) is 0.653. The van der Waals surface area contributed by atoms with Crippen molar-refractivity contribution >= 4 is 0 Å². The van der Waals surface area contributed by atoms with Gasteiger partial charge in [0.2, 0.25) is 0 Å². The number of ether oxygens (including phenoxy) is 1. The summed E-state index contributed by atoms with van der Waals surface area (Å²) in [6.07, 6.45) is 9.75. The third kappa shape index (κ3) is 4.35. The Balaban J connectivity index is 1.51. The Morgan fingerprint density at radius 2 is 1.43 bits per heavy atom. The summed E-state index contributed by atoms with van der Waals surface area (Å²) in [5.74, 6) is 2.77. The summed E-state index contributed by atoms with van der Waals surface area (Å²) in [7, 11) is 0. The molecule has 0 aromatic heterocycles. The molecule has 0 N–H and O–H groups in total. The molecular weight excluding hydrogens is 256 g/mol. The average Bonchev–Trinajstić information content (AvgIpc) is 2.56. The minimum atomic E-state index is 0.896. The summed E-state index contributed by atoms with van der Waals surface area (Å²) >= 11 is 0. The lowest BCUT2D eigenvalue weighted by Gasteiger charge is -2.21. The van der Waals surface area contributed by atoms with Gasteiger partial charge in [-0.25, -0.2) is 0 Å². The first-order valence-corrected chi connectivity index (χ1v) is 8.22. The second-order valence-corrected chi connectivity index (χ2v) is 6.10. The molecule has 0 atom stereocenters. The maximum absolute atomic E-state index is 5.83. The minimum absolute atomic E-state index is 0.896. The van der Waals surface area contributed by atoms with Crippen LogP contribution in [-0.4, -0.2) is 0 Å². The fourth-order valence-electron chi connectivity index (χ4n) is 3.20. The summed E-state index contributed by atoms with van der Waals surface area (Å²) in [5.41, 5.74) is 1.43. The summed E-state index contributed by atoms with van der Waals surface area (Å²) in [6, 6.07) is 18.5. The number of hydrogen-bond donors (Lipinski definition) is 0. The van der Waals surface area contributed by atoms with Gasteiger partial charge in [0.15, 0.2) is 0 Å². The fourth-order valence-corrected chi connectivity index (χ4v) is 3.20. The van der Waals surface area contributed by atoms with E-state index in [1.807, 2.05) is 30.3 Å². The Labute approximate surface area is 128 Å². The van der Waals surface area contributed by atoms with E-state index in [0.29, 0.717) is 0 Å². The molecule has 1 aliphatic rings. The van der Waals surface area contributed by atoms with Gasteiger partial charge in [0, 0.05) is 0 Å². The van der Waals surface area contributed by atoms with Crippen molar-refractivity contribution in [2.75, 3.05) is 0 Å². The van der Waals surface area contributed by atoms with Crippen molar-refractivity contribution in [3.05, 3.63) is 60.2 Å². The Bertz CT molecular complexity index is 524. The molecule has 0 amide bonds. The van der Waals surface area contributed by atoms with Gasteiger partial charge in [-0.3, -0.25) is 0 Å². The molecule has 1 nitrogen and oxygen atoms in total. The summed E-state index contributed by atoms with van der Waals surface area (Å²) < 4.78 is 5.83. The molecule has 0 saturated heterocycles. The van der Waals surface area contributed by atoms with Gasteiger partial charge in [-0.05, 0) is 48.6 Å². The number of rotatable bonds is 5. The zero-order valence-corrected chi connectivity index (χ0v) is 12.6. The van der Waals surface area contributed by atoms with Crippen LogP contribution < -0.4 is 4.74 Å². The first-order chi connectivity index (χ1) is 10.4. The summed E-state index contributed by atoms with van der Waals surface area (Å²) in [6.45, 7) is 0. The molecule has 3 rings (SSSR count). The third-order valence-corrected chi connectivity index (χ3v) is 4.47. The Morgan fingerprint density at radius 1 is 0.762 bits per heavy atom. The molecule has 0 spiro atoms. The van der Waals surface area contributed by atoms with Crippen LogP contribution in [0.3, 0.4) is 0 Å². The van der Waals surface area contributed by atoms with Crippen LogP contribution in [0, 0.1) is 5.92 Å². The molecule has 1 saturated carbocycles. The molecule has 1 heteroatoms. The second-order valence-electron chi connectivity index (χ2n) is 6.10. The van der Waals surface area contributed by atoms with Crippen molar-refractivity contribution < 1.29 is 4.74 Å². The first kappa shape index (κ1) is 14.2. The van der Waals surface area contributed by atoms with E-state index < -0.39 is 0 Å². The standard InChI is InChI=1S/C20H24O/c1-3-7-17(8-4-1)11-12-18-13-15-20(16-14-18)21-19-9-5-2-6-10-19/h2,5-6,9-10,13-17H,1,3-4,7-8,11-12H2. The van der Waals surface area contributed by atoms with Crippen LogP contribution in [0.4, 0.5) is 0 Å². The van der Waals surface area contributed by atoms with Crippen molar-refractivity contribution in [3.8, 4) is 11.5 Å². The van der Waals surface area contributed by atoms with Crippen molar-refractivity contribution in [2.45, 2.75) is 44.9 Å². The zero-order valence-electron chi connectivity index (χ0n) is 12.6. The summed E-state index contributed by atoms with van der Waals surface area (Å²) in [4.78, 5) is 0. The van der Waals surface area contributed by atoms with Gasteiger partial charge in [0.1, 0.15) is 11.5 Å². The van der Waals surface area contributed by atoms with Crippen LogP contribution in [0.5, 0.6) is 11.5 Å². The highest BCUT2D eigenvalue weighted by molar-refractivity contribution is 5.32. The molecule has 0 unspecified atom stereocenters. The maximum Gasteiger partial charge on any atom is 0.127 e. The monoisotopic (exact) mass is 280 g/mol. The number of para-hydroxylation sites is 1. The highest BCUT2D eigenvalue weighted by atomic mass is 16.5. The van der Waals surface area contributed by atoms with Gasteiger partial charge in [-0.1, -0.05) is 62.4 Å². The van der Waals surface area contributed by atoms with Crippen molar-refractivity contribution in [1.82, 2.24) is 0 Å². The van der Waals surface area contributed by atoms with Gasteiger partial charge in [-0.15, -0.1) is 0 Å². The molecule has 0 bridgehead atoms. The lowest BCUT2D eigenvalue weighted by molar-refractivity contribution is 0.339. The van der Waals surface area contributed by atoms with Crippen molar-refractivity contribution in [2.24, 2.45) is 5.92 Å². The van der Waals surface area contributed by atoms with Crippen LogP contribution in [-0.2, 0) is 6.42 Å². The van der Waals surface area contributed by atoms with E-state index in [1.165, 1.54) is 50.5 Å². The van der Waals surface area contributed by atoms with Crippen LogP contribution in [0.25, 0.3) is 0 Å². The van der Waals surface area contributed by atoms with Crippen molar-refractivity contribution in [3.63, 3.8) is 0 Å². The van der Waals surface area contributed by atoms with E-state index in [-0.39, 0.29) is 0 Å². The van der Waals surface area contributed by atoms with E-state index in [0.717, 1.165) is 17.4 Å². The lowest BCUT2D eigenvalue weighted by atomic mass is 9.85. The largest absolute Gasteiger partial charge is 0.457 e. The molecule has 21 heavy (non-hydrogen) atoms. The molecule has 1 fully saturated rings. The second kappa shape index (κ2) is 7.31. The Kier molecular flexibility index (Phi) is 4.94. The third-order valence-electron chi connectivity index (χ3n) is 4.47. The molecule has 2 aromatic rings. The first-order valence-electron chi connectivity index (χ1n) is 8.22.